The Balaban J connectivity index is 2.59. The van der Waals surface area contributed by atoms with Gasteiger partial charge >= 0.3 is 0 Å². The van der Waals surface area contributed by atoms with E-state index in [1.807, 2.05) is 0 Å². The highest BCUT2D eigenvalue weighted by Crippen LogP contribution is 2.26. The number of halogens is 3. The van der Waals surface area contributed by atoms with Gasteiger partial charge in [-0.2, -0.15) is 0 Å². The standard InChI is InChI=1S/C11H5ClF2N/c12-8-5-7(9(13)6-10(8)14)11-3-1-2-4-15-11/h1-2,4-6H. The van der Waals surface area contributed by atoms with E-state index in [-0.39, 0.29) is 10.6 Å². The van der Waals surface area contributed by atoms with Crippen LogP contribution in [0.25, 0.3) is 11.3 Å². The fraction of sp³-hybridized carbons (Fsp3) is 0. The molecule has 1 aromatic heterocycles. The third-order valence-corrected chi connectivity index (χ3v) is 2.16. The third-order valence-electron chi connectivity index (χ3n) is 1.87. The molecule has 15 heavy (non-hydrogen) atoms. The van der Waals surface area contributed by atoms with Crippen molar-refractivity contribution >= 4 is 11.6 Å². The van der Waals surface area contributed by atoms with Gasteiger partial charge in [0.1, 0.15) is 11.6 Å². The van der Waals surface area contributed by atoms with Gasteiger partial charge in [0.15, 0.2) is 0 Å². The first-order valence-electron chi connectivity index (χ1n) is 4.16. The van der Waals surface area contributed by atoms with Gasteiger partial charge in [0.25, 0.3) is 0 Å². The second kappa shape index (κ2) is 3.95. The van der Waals surface area contributed by atoms with Crippen molar-refractivity contribution in [2.75, 3.05) is 0 Å². The summed E-state index contributed by atoms with van der Waals surface area (Å²) in [6, 6.07) is 7.93. The average Bonchev–Trinajstić information content (AvgIpc) is 2.25. The highest BCUT2D eigenvalue weighted by atomic mass is 35.5. The van der Waals surface area contributed by atoms with Gasteiger partial charge in [-0.3, -0.25) is 4.98 Å². The van der Waals surface area contributed by atoms with Crippen molar-refractivity contribution in [3.63, 3.8) is 0 Å². The first kappa shape index (κ1) is 10.1. The van der Waals surface area contributed by atoms with Crippen LogP contribution < -0.4 is 0 Å². The summed E-state index contributed by atoms with van der Waals surface area (Å²) in [4.78, 5) is 3.90. The number of pyridine rings is 1. The molecule has 2 rings (SSSR count). The zero-order valence-corrected chi connectivity index (χ0v) is 8.22. The van der Waals surface area contributed by atoms with E-state index in [1.165, 1.54) is 12.3 Å². The lowest BCUT2D eigenvalue weighted by molar-refractivity contribution is 0.585. The molecule has 0 spiro atoms. The van der Waals surface area contributed by atoms with Crippen molar-refractivity contribution in [2.24, 2.45) is 0 Å². The van der Waals surface area contributed by atoms with E-state index < -0.39 is 11.6 Å². The Morgan fingerprint density at radius 1 is 1.20 bits per heavy atom. The van der Waals surface area contributed by atoms with E-state index in [9.17, 15) is 8.78 Å². The molecular formula is C11H5ClF2N. The molecule has 75 valence electrons. The van der Waals surface area contributed by atoms with Gasteiger partial charge in [-0.15, -0.1) is 0 Å². The van der Waals surface area contributed by atoms with Gasteiger partial charge in [0.2, 0.25) is 0 Å². The molecule has 0 aliphatic rings. The van der Waals surface area contributed by atoms with E-state index in [0.29, 0.717) is 5.69 Å². The Hall–Kier alpha value is -1.48. The minimum absolute atomic E-state index is 0.134. The van der Waals surface area contributed by atoms with Crippen LogP contribution in [-0.2, 0) is 0 Å². The Bertz CT molecular complexity index is 485. The minimum Gasteiger partial charge on any atom is -0.255 e. The maximum Gasteiger partial charge on any atom is 0.144 e. The number of aromatic nitrogens is 1. The molecule has 0 bridgehead atoms. The van der Waals surface area contributed by atoms with E-state index in [0.717, 1.165) is 6.07 Å². The van der Waals surface area contributed by atoms with Crippen molar-refractivity contribution in [3.8, 4) is 11.3 Å². The highest BCUT2D eigenvalue weighted by Gasteiger charge is 2.10. The van der Waals surface area contributed by atoms with Crippen LogP contribution in [-0.4, -0.2) is 4.98 Å². The Morgan fingerprint density at radius 3 is 2.67 bits per heavy atom. The Morgan fingerprint density at radius 2 is 2.00 bits per heavy atom. The van der Waals surface area contributed by atoms with Crippen LogP contribution in [0.2, 0.25) is 5.02 Å². The van der Waals surface area contributed by atoms with Crippen molar-refractivity contribution < 1.29 is 8.78 Å². The molecule has 0 unspecified atom stereocenters. The maximum absolute atomic E-state index is 13.4. The Labute approximate surface area is 90.3 Å². The van der Waals surface area contributed by atoms with Gasteiger partial charge in [-0.25, -0.2) is 8.78 Å². The molecule has 4 heteroatoms. The molecule has 0 N–H and O–H groups in total. The van der Waals surface area contributed by atoms with Crippen molar-refractivity contribution in [3.05, 3.63) is 53.2 Å². The van der Waals surface area contributed by atoms with Gasteiger partial charge in [0.05, 0.1) is 10.7 Å². The normalized spacial score (nSPS) is 10.3. The summed E-state index contributed by atoms with van der Waals surface area (Å²) >= 11 is 5.55. The minimum atomic E-state index is -0.783. The third kappa shape index (κ3) is 1.97. The summed E-state index contributed by atoms with van der Waals surface area (Å²) < 4.78 is 26.2. The lowest BCUT2D eigenvalue weighted by Gasteiger charge is -2.03. The second-order valence-corrected chi connectivity index (χ2v) is 3.28. The fourth-order valence-corrected chi connectivity index (χ4v) is 1.34. The van der Waals surface area contributed by atoms with E-state index in [2.05, 4.69) is 11.1 Å². The second-order valence-electron chi connectivity index (χ2n) is 2.88. The summed E-state index contributed by atoms with van der Waals surface area (Å²) in [5.74, 6) is -1.49. The molecule has 0 fully saturated rings. The lowest BCUT2D eigenvalue weighted by Crippen LogP contribution is -1.90. The highest BCUT2D eigenvalue weighted by molar-refractivity contribution is 6.31. The van der Waals surface area contributed by atoms with Crippen LogP contribution in [0, 0.1) is 17.7 Å². The van der Waals surface area contributed by atoms with Crippen molar-refractivity contribution in [1.29, 1.82) is 0 Å². The molecule has 1 aromatic carbocycles. The predicted molar refractivity (Wildman–Crippen MR) is 53.4 cm³/mol. The monoisotopic (exact) mass is 224 g/mol. The molecule has 2 aromatic rings. The first-order chi connectivity index (χ1) is 7.18. The molecular weight excluding hydrogens is 220 g/mol. The molecule has 1 radical (unpaired) electrons. The van der Waals surface area contributed by atoms with Crippen LogP contribution in [0.15, 0.2) is 30.5 Å². The fourth-order valence-electron chi connectivity index (χ4n) is 1.18. The van der Waals surface area contributed by atoms with Crippen LogP contribution in [0.1, 0.15) is 0 Å². The first-order valence-corrected chi connectivity index (χ1v) is 4.54. The topological polar surface area (TPSA) is 12.9 Å². The van der Waals surface area contributed by atoms with Gasteiger partial charge in [0, 0.05) is 23.9 Å². The summed E-state index contributed by atoms with van der Waals surface area (Å²) in [6.07, 6.45) is 1.50. The predicted octanol–water partition coefficient (Wildman–Crippen LogP) is 3.48. The maximum atomic E-state index is 13.4. The Kier molecular flexibility index (Phi) is 2.64. The zero-order chi connectivity index (χ0) is 10.8. The zero-order valence-electron chi connectivity index (χ0n) is 7.47. The van der Waals surface area contributed by atoms with E-state index in [1.54, 1.807) is 12.1 Å². The van der Waals surface area contributed by atoms with Crippen LogP contribution in [0.4, 0.5) is 8.78 Å². The molecule has 0 aliphatic heterocycles. The van der Waals surface area contributed by atoms with Crippen molar-refractivity contribution in [1.82, 2.24) is 4.98 Å². The van der Waals surface area contributed by atoms with Gasteiger partial charge in [-0.1, -0.05) is 17.7 Å². The summed E-state index contributed by atoms with van der Waals surface area (Å²) in [7, 11) is 0. The molecule has 0 aliphatic carbocycles. The van der Waals surface area contributed by atoms with Crippen molar-refractivity contribution in [2.45, 2.75) is 0 Å². The average molecular weight is 225 g/mol. The quantitative estimate of drug-likeness (QED) is 0.676. The van der Waals surface area contributed by atoms with Gasteiger partial charge in [-0.05, 0) is 12.1 Å². The van der Waals surface area contributed by atoms with Gasteiger partial charge < -0.3 is 0 Å². The molecule has 0 atom stereocenters. The summed E-state index contributed by atoms with van der Waals surface area (Å²) in [6.45, 7) is 0. The van der Waals surface area contributed by atoms with Crippen LogP contribution in [0.5, 0.6) is 0 Å². The summed E-state index contributed by atoms with van der Waals surface area (Å²) in [5, 5.41) is -0.134. The van der Waals surface area contributed by atoms with Crippen LogP contribution >= 0.6 is 11.6 Å². The molecule has 1 heterocycles. The smallest absolute Gasteiger partial charge is 0.144 e. The molecule has 0 saturated heterocycles. The largest absolute Gasteiger partial charge is 0.255 e. The lowest BCUT2D eigenvalue weighted by atomic mass is 10.1. The van der Waals surface area contributed by atoms with E-state index >= 15 is 0 Å². The summed E-state index contributed by atoms with van der Waals surface area (Å²) in [5.41, 5.74) is 0.443. The van der Waals surface area contributed by atoms with Crippen LogP contribution in [0.3, 0.4) is 0 Å². The molecule has 0 saturated carbocycles. The van der Waals surface area contributed by atoms with E-state index in [4.69, 9.17) is 11.6 Å². The number of nitrogens with zero attached hydrogens (tertiary/aromatic N) is 1. The SMILES string of the molecule is Fc1cc(F)c(-c2[c]cccn2)cc1Cl. The molecule has 1 nitrogen and oxygen atoms in total. The number of hydrogen-bond acceptors (Lipinski definition) is 1. The number of rotatable bonds is 1. The number of benzene rings is 1. The number of hydrogen-bond donors (Lipinski definition) is 0. The molecule has 0 amide bonds.